The minimum Gasteiger partial charge on any atom is -0.378 e. The van der Waals surface area contributed by atoms with Crippen molar-refractivity contribution in [2.45, 2.75) is 44.4 Å². The Balaban J connectivity index is 1.70. The molecule has 2 rings (SSSR count). The van der Waals surface area contributed by atoms with E-state index in [1.54, 1.807) is 0 Å². The maximum Gasteiger partial charge on any atom is 0.0604 e. The number of ether oxygens (including phenoxy) is 1. The first-order chi connectivity index (χ1) is 6.81. The highest BCUT2D eigenvalue weighted by atomic mass is 16.5. The number of likely N-dealkylation sites (N-methyl/N-ethyl adjacent to an activating group) is 1. The van der Waals surface area contributed by atoms with Crippen molar-refractivity contribution in [1.29, 1.82) is 0 Å². The monoisotopic (exact) mass is 198 g/mol. The fourth-order valence-corrected chi connectivity index (χ4v) is 2.53. The van der Waals surface area contributed by atoms with E-state index in [4.69, 9.17) is 4.74 Å². The highest BCUT2D eigenvalue weighted by molar-refractivity contribution is 4.91. The van der Waals surface area contributed by atoms with Crippen LogP contribution in [-0.4, -0.2) is 49.8 Å². The van der Waals surface area contributed by atoms with Crippen molar-refractivity contribution < 1.29 is 4.74 Å². The molecule has 0 aromatic heterocycles. The third-order valence-electron chi connectivity index (χ3n) is 3.66. The van der Waals surface area contributed by atoms with E-state index < -0.39 is 0 Å². The summed E-state index contributed by atoms with van der Waals surface area (Å²) in [5.41, 5.74) is 0. The summed E-state index contributed by atoms with van der Waals surface area (Å²) in [6.45, 7) is 5.31. The molecule has 0 radical (unpaired) electrons. The van der Waals surface area contributed by atoms with Crippen molar-refractivity contribution in [2.75, 3.05) is 26.7 Å². The standard InChI is InChI=1S/C11H22N2O/c1-3-14-11-6-10(7-11)13(2)9-4-5-12-8-9/h9-12H,3-8H2,1-2H3. The third-order valence-corrected chi connectivity index (χ3v) is 3.66. The van der Waals surface area contributed by atoms with E-state index in [2.05, 4.69) is 24.2 Å². The quantitative estimate of drug-likeness (QED) is 0.725. The zero-order valence-corrected chi connectivity index (χ0v) is 9.33. The second-order valence-electron chi connectivity index (χ2n) is 4.51. The van der Waals surface area contributed by atoms with Crippen LogP contribution in [0.25, 0.3) is 0 Å². The van der Waals surface area contributed by atoms with Crippen molar-refractivity contribution in [1.82, 2.24) is 10.2 Å². The van der Waals surface area contributed by atoms with Gasteiger partial charge in [-0.05, 0) is 39.8 Å². The lowest BCUT2D eigenvalue weighted by Gasteiger charge is -2.43. The molecule has 1 heterocycles. The molecule has 1 aliphatic heterocycles. The zero-order chi connectivity index (χ0) is 9.97. The van der Waals surface area contributed by atoms with Gasteiger partial charge in [-0.3, -0.25) is 4.90 Å². The van der Waals surface area contributed by atoms with Gasteiger partial charge in [0.2, 0.25) is 0 Å². The Kier molecular flexibility index (Phi) is 3.42. The first-order valence-electron chi connectivity index (χ1n) is 5.85. The van der Waals surface area contributed by atoms with E-state index in [9.17, 15) is 0 Å². The Morgan fingerprint density at radius 2 is 2.14 bits per heavy atom. The first-order valence-corrected chi connectivity index (χ1v) is 5.85. The van der Waals surface area contributed by atoms with Gasteiger partial charge in [-0.1, -0.05) is 0 Å². The Morgan fingerprint density at radius 3 is 2.71 bits per heavy atom. The van der Waals surface area contributed by atoms with Crippen LogP contribution in [0.1, 0.15) is 26.2 Å². The molecule has 0 amide bonds. The van der Waals surface area contributed by atoms with Crippen LogP contribution in [-0.2, 0) is 4.74 Å². The number of nitrogens with zero attached hydrogens (tertiary/aromatic N) is 1. The molecule has 3 heteroatoms. The third kappa shape index (κ3) is 2.10. The van der Waals surface area contributed by atoms with Gasteiger partial charge >= 0.3 is 0 Å². The van der Waals surface area contributed by atoms with Crippen molar-refractivity contribution in [3.8, 4) is 0 Å². The summed E-state index contributed by atoms with van der Waals surface area (Å²) in [5.74, 6) is 0. The summed E-state index contributed by atoms with van der Waals surface area (Å²) < 4.78 is 5.58. The molecular weight excluding hydrogens is 176 g/mol. The van der Waals surface area contributed by atoms with E-state index in [1.807, 2.05) is 0 Å². The van der Waals surface area contributed by atoms with E-state index in [0.717, 1.165) is 18.7 Å². The van der Waals surface area contributed by atoms with Crippen molar-refractivity contribution in [2.24, 2.45) is 0 Å². The Morgan fingerprint density at radius 1 is 1.36 bits per heavy atom. The lowest BCUT2D eigenvalue weighted by atomic mass is 9.87. The summed E-state index contributed by atoms with van der Waals surface area (Å²) in [6, 6.07) is 1.54. The van der Waals surface area contributed by atoms with Gasteiger partial charge in [-0.15, -0.1) is 0 Å². The topological polar surface area (TPSA) is 24.5 Å². The van der Waals surface area contributed by atoms with E-state index in [-0.39, 0.29) is 0 Å². The normalized spacial score (nSPS) is 37.5. The zero-order valence-electron chi connectivity index (χ0n) is 9.33. The van der Waals surface area contributed by atoms with Crippen LogP contribution in [0.4, 0.5) is 0 Å². The average Bonchev–Trinajstić information content (AvgIpc) is 2.62. The second-order valence-corrected chi connectivity index (χ2v) is 4.51. The fourth-order valence-electron chi connectivity index (χ4n) is 2.53. The largest absolute Gasteiger partial charge is 0.378 e. The van der Waals surface area contributed by atoms with Crippen LogP contribution in [0, 0.1) is 0 Å². The summed E-state index contributed by atoms with van der Waals surface area (Å²) in [7, 11) is 2.27. The van der Waals surface area contributed by atoms with Gasteiger partial charge in [0.25, 0.3) is 0 Å². The maximum absolute atomic E-state index is 5.58. The van der Waals surface area contributed by atoms with Crippen LogP contribution < -0.4 is 5.32 Å². The highest BCUT2D eigenvalue weighted by Crippen LogP contribution is 2.29. The summed E-state index contributed by atoms with van der Waals surface area (Å²) in [5, 5.41) is 3.42. The van der Waals surface area contributed by atoms with Crippen molar-refractivity contribution in [3.63, 3.8) is 0 Å². The number of rotatable bonds is 4. The van der Waals surface area contributed by atoms with Crippen molar-refractivity contribution >= 4 is 0 Å². The molecule has 3 nitrogen and oxygen atoms in total. The maximum atomic E-state index is 5.58. The van der Waals surface area contributed by atoms with Crippen LogP contribution in [0.5, 0.6) is 0 Å². The molecule has 1 saturated heterocycles. The Bertz CT molecular complexity index is 174. The molecule has 2 fully saturated rings. The van der Waals surface area contributed by atoms with Crippen molar-refractivity contribution in [3.05, 3.63) is 0 Å². The lowest BCUT2D eigenvalue weighted by Crippen LogP contribution is -2.50. The van der Waals surface area contributed by atoms with Crippen LogP contribution in [0.2, 0.25) is 0 Å². The van der Waals surface area contributed by atoms with Gasteiger partial charge in [0.1, 0.15) is 0 Å². The molecule has 1 N–H and O–H groups in total. The SMILES string of the molecule is CCOC1CC(N(C)C2CCNC2)C1. The van der Waals surface area contributed by atoms with Gasteiger partial charge in [0.15, 0.2) is 0 Å². The Hall–Kier alpha value is -0.120. The van der Waals surface area contributed by atoms with Gasteiger partial charge in [-0.25, -0.2) is 0 Å². The predicted molar refractivity (Wildman–Crippen MR) is 57.5 cm³/mol. The first kappa shape index (κ1) is 10.4. The average molecular weight is 198 g/mol. The number of hydrogen-bond acceptors (Lipinski definition) is 3. The summed E-state index contributed by atoms with van der Waals surface area (Å²) >= 11 is 0. The van der Waals surface area contributed by atoms with Crippen LogP contribution >= 0.6 is 0 Å². The van der Waals surface area contributed by atoms with Gasteiger partial charge in [0, 0.05) is 25.2 Å². The lowest BCUT2D eigenvalue weighted by molar-refractivity contribution is -0.0479. The molecule has 1 unspecified atom stereocenters. The predicted octanol–water partition coefficient (Wildman–Crippen LogP) is 0.848. The van der Waals surface area contributed by atoms with Crippen LogP contribution in [0.15, 0.2) is 0 Å². The Labute approximate surface area is 86.8 Å². The summed E-state index contributed by atoms with van der Waals surface area (Å²) in [6.07, 6.45) is 4.33. The number of hydrogen-bond donors (Lipinski definition) is 1. The van der Waals surface area contributed by atoms with E-state index in [0.29, 0.717) is 6.10 Å². The molecule has 1 aliphatic carbocycles. The van der Waals surface area contributed by atoms with Gasteiger partial charge < -0.3 is 10.1 Å². The molecule has 0 aromatic carbocycles. The molecule has 0 bridgehead atoms. The smallest absolute Gasteiger partial charge is 0.0604 e. The fraction of sp³-hybridized carbons (Fsp3) is 1.00. The molecule has 14 heavy (non-hydrogen) atoms. The van der Waals surface area contributed by atoms with Gasteiger partial charge in [0.05, 0.1) is 6.10 Å². The molecule has 82 valence electrons. The minimum absolute atomic E-state index is 0.543. The second kappa shape index (κ2) is 4.60. The number of nitrogens with one attached hydrogen (secondary N) is 1. The van der Waals surface area contributed by atoms with E-state index in [1.165, 1.54) is 32.4 Å². The molecule has 1 atom stereocenters. The molecule has 2 aliphatic rings. The summed E-state index contributed by atoms with van der Waals surface area (Å²) in [4.78, 5) is 2.55. The highest BCUT2D eigenvalue weighted by Gasteiger charge is 2.35. The molecule has 0 spiro atoms. The van der Waals surface area contributed by atoms with E-state index >= 15 is 0 Å². The molecule has 1 saturated carbocycles. The molecular formula is C11H22N2O. The van der Waals surface area contributed by atoms with Crippen LogP contribution in [0.3, 0.4) is 0 Å². The van der Waals surface area contributed by atoms with Gasteiger partial charge in [-0.2, -0.15) is 0 Å². The minimum atomic E-state index is 0.543. The molecule has 0 aromatic rings.